The zero-order valence-corrected chi connectivity index (χ0v) is 17.8. The number of nitrogens with one attached hydrogen (secondary N) is 2. The molecule has 1 unspecified atom stereocenters. The van der Waals surface area contributed by atoms with Gasteiger partial charge in [0.05, 0.1) is 6.10 Å². The molecule has 2 aromatic rings. The minimum Gasteiger partial charge on any atom is -0.476 e. The Balaban J connectivity index is 1.68. The van der Waals surface area contributed by atoms with Crippen molar-refractivity contribution in [2.24, 2.45) is 0 Å². The van der Waals surface area contributed by atoms with Crippen molar-refractivity contribution >= 4 is 0 Å². The number of aryl methyl sites for hydroxylation is 3. The number of rotatable bonds is 10. The first kappa shape index (κ1) is 21.6. The topological polar surface area (TPSA) is 63.4 Å². The molecule has 2 heterocycles. The third-order valence-corrected chi connectivity index (χ3v) is 5.48. The maximum Gasteiger partial charge on any atom is 0.194 e. The van der Waals surface area contributed by atoms with E-state index in [0.29, 0.717) is 19.0 Å². The first-order valence-corrected chi connectivity index (χ1v) is 10.9. The van der Waals surface area contributed by atoms with Crippen LogP contribution < -0.4 is 15.5 Å². The number of hydrogen-bond donors (Lipinski definition) is 2. The van der Waals surface area contributed by atoms with Crippen LogP contribution in [0.5, 0.6) is 5.88 Å². The van der Waals surface area contributed by atoms with E-state index in [0.717, 1.165) is 56.4 Å². The third kappa shape index (κ3) is 6.44. The molecule has 1 atom stereocenters. The van der Waals surface area contributed by atoms with Crippen molar-refractivity contribution in [3.8, 4) is 5.88 Å². The van der Waals surface area contributed by atoms with Gasteiger partial charge in [-0.25, -0.2) is 0 Å². The molecule has 0 amide bonds. The smallest absolute Gasteiger partial charge is 0.194 e. The van der Waals surface area contributed by atoms with Crippen LogP contribution >= 0.6 is 0 Å². The number of H-pyrrole nitrogens is 1. The van der Waals surface area contributed by atoms with E-state index < -0.39 is 0 Å². The highest BCUT2D eigenvalue weighted by atomic mass is 16.5. The predicted molar refractivity (Wildman–Crippen MR) is 117 cm³/mol. The molecule has 0 aliphatic carbocycles. The zero-order valence-electron chi connectivity index (χ0n) is 17.8. The Hall–Kier alpha value is -2.11. The van der Waals surface area contributed by atoms with Crippen molar-refractivity contribution in [3.63, 3.8) is 0 Å². The standard InChI is InChI=1S/C24H34N2O3/c1-3-6-18-8-10-19(11-9-18)12-13-22-21(16-25-2)23(27)15-24(26-22)29-17-20-7-4-5-14-28-20/h8-11,15,20,25H,3-7,12-14,16-17H2,1-2H3,(H,26,27). The summed E-state index contributed by atoms with van der Waals surface area (Å²) in [5, 5.41) is 3.11. The van der Waals surface area contributed by atoms with Gasteiger partial charge in [-0.3, -0.25) is 4.79 Å². The molecule has 3 rings (SSSR count). The van der Waals surface area contributed by atoms with Crippen molar-refractivity contribution < 1.29 is 9.47 Å². The number of benzene rings is 1. The molecule has 1 saturated heterocycles. The summed E-state index contributed by atoms with van der Waals surface area (Å²) >= 11 is 0. The van der Waals surface area contributed by atoms with Gasteiger partial charge < -0.3 is 19.8 Å². The summed E-state index contributed by atoms with van der Waals surface area (Å²) in [5.41, 5.74) is 4.41. The van der Waals surface area contributed by atoms with E-state index in [2.05, 4.69) is 41.5 Å². The fraction of sp³-hybridized carbons (Fsp3) is 0.542. The van der Waals surface area contributed by atoms with Crippen molar-refractivity contribution in [1.82, 2.24) is 10.3 Å². The highest BCUT2D eigenvalue weighted by Crippen LogP contribution is 2.17. The molecular weight excluding hydrogens is 364 g/mol. The molecule has 5 nitrogen and oxygen atoms in total. The van der Waals surface area contributed by atoms with E-state index in [4.69, 9.17) is 9.47 Å². The van der Waals surface area contributed by atoms with Gasteiger partial charge in [0.1, 0.15) is 6.61 Å². The maximum atomic E-state index is 12.7. The average molecular weight is 399 g/mol. The van der Waals surface area contributed by atoms with E-state index in [1.54, 1.807) is 6.07 Å². The van der Waals surface area contributed by atoms with E-state index in [1.807, 2.05) is 7.05 Å². The van der Waals surface area contributed by atoms with Crippen LogP contribution in [0.2, 0.25) is 0 Å². The summed E-state index contributed by atoms with van der Waals surface area (Å²) in [7, 11) is 1.86. The molecule has 1 aliphatic heterocycles. The predicted octanol–water partition coefficient (Wildman–Crippen LogP) is 3.78. The Morgan fingerprint density at radius 1 is 1.14 bits per heavy atom. The summed E-state index contributed by atoms with van der Waals surface area (Å²) in [6, 6.07) is 10.4. The van der Waals surface area contributed by atoms with Gasteiger partial charge in [-0.05, 0) is 56.7 Å². The Bertz CT molecular complexity index is 808. The average Bonchev–Trinajstić information content (AvgIpc) is 2.75. The van der Waals surface area contributed by atoms with Gasteiger partial charge in [0, 0.05) is 30.5 Å². The van der Waals surface area contributed by atoms with Gasteiger partial charge in [0.2, 0.25) is 0 Å². The maximum absolute atomic E-state index is 12.7. The molecule has 1 aliphatic rings. The second-order valence-corrected chi connectivity index (χ2v) is 7.85. The van der Waals surface area contributed by atoms with E-state index in [9.17, 15) is 4.79 Å². The summed E-state index contributed by atoms with van der Waals surface area (Å²) < 4.78 is 11.6. The molecular formula is C24H34N2O3. The number of ether oxygens (including phenoxy) is 2. The highest BCUT2D eigenvalue weighted by molar-refractivity contribution is 5.28. The number of aromatic nitrogens is 1. The number of pyridine rings is 1. The molecule has 0 bridgehead atoms. The second-order valence-electron chi connectivity index (χ2n) is 7.85. The lowest BCUT2D eigenvalue weighted by Gasteiger charge is -2.22. The van der Waals surface area contributed by atoms with Crippen LogP contribution in [0.25, 0.3) is 0 Å². The van der Waals surface area contributed by atoms with Crippen LogP contribution in [0.3, 0.4) is 0 Å². The van der Waals surface area contributed by atoms with Crippen molar-refractivity contribution in [2.75, 3.05) is 20.3 Å². The molecule has 0 radical (unpaired) electrons. The van der Waals surface area contributed by atoms with Crippen LogP contribution in [-0.4, -0.2) is 31.3 Å². The molecule has 0 spiro atoms. The van der Waals surface area contributed by atoms with E-state index in [-0.39, 0.29) is 11.5 Å². The summed E-state index contributed by atoms with van der Waals surface area (Å²) in [5.74, 6) is 0.539. The SMILES string of the molecule is CCCc1ccc(CCc2[nH]c(OCC3CCCCO3)cc(=O)c2CNC)cc1. The molecule has 5 heteroatoms. The van der Waals surface area contributed by atoms with Gasteiger partial charge in [-0.15, -0.1) is 0 Å². The molecule has 1 aromatic heterocycles. The van der Waals surface area contributed by atoms with Crippen LogP contribution in [0, 0.1) is 0 Å². The number of aromatic amines is 1. The fourth-order valence-electron chi connectivity index (χ4n) is 3.83. The van der Waals surface area contributed by atoms with Crippen LogP contribution in [0.1, 0.15) is 55.0 Å². The lowest BCUT2D eigenvalue weighted by Crippen LogP contribution is -2.27. The molecule has 2 N–H and O–H groups in total. The molecule has 1 fully saturated rings. The molecule has 158 valence electrons. The van der Waals surface area contributed by atoms with Crippen LogP contribution in [0.15, 0.2) is 35.1 Å². The minimum atomic E-state index is 0.0194. The Morgan fingerprint density at radius 3 is 2.55 bits per heavy atom. The number of hydrogen-bond acceptors (Lipinski definition) is 4. The van der Waals surface area contributed by atoms with Crippen LogP contribution in [0.4, 0.5) is 0 Å². The first-order valence-electron chi connectivity index (χ1n) is 10.9. The monoisotopic (exact) mass is 398 g/mol. The van der Waals surface area contributed by atoms with Crippen molar-refractivity contribution in [2.45, 2.75) is 64.5 Å². The Morgan fingerprint density at radius 2 is 1.90 bits per heavy atom. The first-order chi connectivity index (χ1) is 14.2. The Kier molecular flexibility index (Phi) is 8.32. The van der Waals surface area contributed by atoms with E-state index in [1.165, 1.54) is 17.5 Å². The summed E-state index contributed by atoms with van der Waals surface area (Å²) in [6.07, 6.45) is 7.36. The summed E-state index contributed by atoms with van der Waals surface area (Å²) in [4.78, 5) is 16.0. The normalized spacial score (nSPS) is 16.7. The molecule has 1 aromatic carbocycles. The van der Waals surface area contributed by atoms with Crippen molar-refractivity contribution in [1.29, 1.82) is 0 Å². The quantitative estimate of drug-likeness (QED) is 0.639. The third-order valence-electron chi connectivity index (χ3n) is 5.48. The highest BCUT2D eigenvalue weighted by Gasteiger charge is 2.16. The molecule has 29 heavy (non-hydrogen) atoms. The summed E-state index contributed by atoms with van der Waals surface area (Å²) in [6.45, 7) is 4.03. The van der Waals surface area contributed by atoms with Gasteiger partial charge in [-0.1, -0.05) is 37.6 Å². The lowest BCUT2D eigenvalue weighted by atomic mass is 10.0. The van der Waals surface area contributed by atoms with Gasteiger partial charge in [-0.2, -0.15) is 0 Å². The minimum absolute atomic E-state index is 0.0194. The van der Waals surface area contributed by atoms with Crippen LogP contribution in [-0.2, 0) is 30.5 Å². The zero-order chi connectivity index (χ0) is 20.5. The molecule has 0 saturated carbocycles. The van der Waals surface area contributed by atoms with Gasteiger partial charge in [0.15, 0.2) is 11.3 Å². The second kappa shape index (κ2) is 11.2. The van der Waals surface area contributed by atoms with Crippen molar-refractivity contribution in [3.05, 3.63) is 62.9 Å². The van der Waals surface area contributed by atoms with E-state index >= 15 is 0 Å². The largest absolute Gasteiger partial charge is 0.476 e. The van der Waals surface area contributed by atoms with Gasteiger partial charge >= 0.3 is 0 Å². The lowest BCUT2D eigenvalue weighted by molar-refractivity contribution is -0.0120. The van der Waals surface area contributed by atoms with Gasteiger partial charge in [0.25, 0.3) is 0 Å². The fourth-order valence-corrected chi connectivity index (χ4v) is 3.83. The Labute approximate surface area is 173 Å².